The van der Waals surface area contributed by atoms with Crippen molar-refractivity contribution in [3.8, 4) is 0 Å². The Bertz CT molecular complexity index is 908. The minimum Gasteiger partial charge on any atom is -0.350 e. The maximum absolute atomic E-state index is 13.4. The predicted octanol–water partition coefficient (Wildman–Crippen LogP) is 1.85. The molecule has 1 aliphatic carbocycles. The van der Waals surface area contributed by atoms with Gasteiger partial charge in [0.25, 0.3) is 5.91 Å². The molecule has 1 aromatic carbocycles. The van der Waals surface area contributed by atoms with Crippen LogP contribution >= 0.6 is 0 Å². The fraction of sp³-hybridized carbons (Fsp3) is 0.565. The van der Waals surface area contributed by atoms with Crippen LogP contribution in [0.4, 0.5) is 0 Å². The van der Waals surface area contributed by atoms with E-state index in [0.717, 1.165) is 76.2 Å². The van der Waals surface area contributed by atoms with E-state index in [-0.39, 0.29) is 17.4 Å². The number of benzene rings is 1. The molecule has 1 amide bonds. The molecule has 6 heteroatoms. The van der Waals surface area contributed by atoms with Crippen LogP contribution in [0.3, 0.4) is 0 Å². The normalized spacial score (nSPS) is 35.2. The second-order valence-corrected chi connectivity index (χ2v) is 9.35. The molecule has 5 heterocycles. The number of hydrogen-bond donors (Lipinski definition) is 1. The molecule has 0 spiro atoms. The molecule has 6 nitrogen and oxygen atoms in total. The van der Waals surface area contributed by atoms with Crippen molar-refractivity contribution in [1.29, 1.82) is 0 Å². The van der Waals surface area contributed by atoms with Gasteiger partial charge in [0.2, 0.25) is 5.76 Å². The minimum atomic E-state index is -0.0747. The van der Waals surface area contributed by atoms with E-state index in [4.69, 9.17) is 4.52 Å². The molecule has 2 unspecified atom stereocenters. The van der Waals surface area contributed by atoms with Crippen molar-refractivity contribution in [3.63, 3.8) is 0 Å². The van der Waals surface area contributed by atoms with Crippen molar-refractivity contribution in [2.24, 2.45) is 5.92 Å². The third-order valence-electron chi connectivity index (χ3n) is 7.60. The van der Waals surface area contributed by atoms with Gasteiger partial charge in [-0.05, 0) is 31.2 Å². The SMILES string of the molecule is O=C(N[C@H]1C2CN3CCN(C2)CC1(c1ccccc1)C3)c1onc2c1CCCC2. The average Bonchev–Trinajstić information content (AvgIpc) is 3.02. The Kier molecular flexibility index (Phi) is 4.06. The quantitative estimate of drug-likeness (QED) is 0.864. The molecule has 1 N–H and O–H groups in total. The number of rotatable bonds is 3. The molecule has 4 fully saturated rings. The summed E-state index contributed by atoms with van der Waals surface area (Å²) in [7, 11) is 0. The molecule has 29 heavy (non-hydrogen) atoms. The van der Waals surface area contributed by atoms with E-state index in [1.54, 1.807) is 0 Å². The number of fused-ring (bicyclic) bond motifs is 2. The zero-order chi connectivity index (χ0) is 19.4. The van der Waals surface area contributed by atoms with Gasteiger partial charge in [-0.15, -0.1) is 0 Å². The van der Waals surface area contributed by atoms with E-state index >= 15 is 0 Å². The smallest absolute Gasteiger partial charge is 0.290 e. The summed E-state index contributed by atoms with van der Waals surface area (Å²) < 4.78 is 5.55. The van der Waals surface area contributed by atoms with E-state index in [1.807, 2.05) is 0 Å². The number of aromatic nitrogens is 1. The lowest BCUT2D eigenvalue weighted by Gasteiger charge is -2.55. The van der Waals surface area contributed by atoms with Crippen LogP contribution in [0.1, 0.15) is 40.2 Å². The molecule has 2 aromatic rings. The van der Waals surface area contributed by atoms with Crippen LogP contribution in [0.2, 0.25) is 0 Å². The van der Waals surface area contributed by atoms with Crippen molar-refractivity contribution in [2.45, 2.75) is 37.1 Å². The van der Waals surface area contributed by atoms with E-state index < -0.39 is 0 Å². The zero-order valence-electron chi connectivity index (χ0n) is 16.8. The number of carbonyl (C=O) groups is 1. The number of aryl methyl sites for hydroxylation is 1. The van der Waals surface area contributed by atoms with Gasteiger partial charge in [0.1, 0.15) is 0 Å². The van der Waals surface area contributed by atoms with Crippen LogP contribution in [-0.4, -0.2) is 66.2 Å². The maximum Gasteiger partial charge on any atom is 0.290 e. The highest BCUT2D eigenvalue weighted by Crippen LogP contribution is 2.43. The Hall–Kier alpha value is -2.18. The molecule has 7 rings (SSSR count). The second-order valence-electron chi connectivity index (χ2n) is 9.35. The van der Waals surface area contributed by atoms with Crippen LogP contribution < -0.4 is 5.32 Å². The zero-order valence-corrected chi connectivity index (χ0v) is 16.8. The maximum atomic E-state index is 13.4. The van der Waals surface area contributed by atoms with Gasteiger partial charge < -0.3 is 19.6 Å². The Labute approximate surface area is 171 Å². The van der Waals surface area contributed by atoms with Gasteiger partial charge >= 0.3 is 0 Å². The molecule has 0 radical (unpaired) electrons. The first-order chi connectivity index (χ1) is 14.2. The summed E-state index contributed by atoms with van der Waals surface area (Å²) in [4.78, 5) is 18.6. The van der Waals surface area contributed by atoms with Gasteiger partial charge in [-0.2, -0.15) is 0 Å². The van der Waals surface area contributed by atoms with Crippen LogP contribution in [0, 0.1) is 5.92 Å². The highest BCUT2D eigenvalue weighted by molar-refractivity contribution is 5.93. The van der Waals surface area contributed by atoms with Crippen LogP contribution in [0.5, 0.6) is 0 Å². The lowest BCUT2D eigenvalue weighted by molar-refractivity contribution is 0.0173. The van der Waals surface area contributed by atoms with Crippen molar-refractivity contribution < 1.29 is 9.32 Å². The molecule has 4 aliphatic heterocycles. The van der Waals surface area contributed by atoms with Gasteiger partial charge in [0.05, 0.1) is 5.69 Å². The van der Waals surface area contributed by atoms with Gasteiger partial charge in [-0.25, -0.2) is 0 Å². The highest BCUT2D eigenvalue weighted by atomic mass is 16.5. The molecular weight excluding hydrogens is 364 g/mol. The summed E-state index contributed by atoms with van der Waals surface area (Å²) in [6.07, 6.45) is 4.07. The van der Waals surface area contributed by atoms with Crippen LogP contribution in [-0.2, 0) is 18.3 Å². The number of carbonyl (C=O) groups excluding carboxylic acids is 1. The highest BCUT2D eigenvalue weighted by Gasteiger charge is 2.55. The van der Waals surface area contributed by atoms with Crippen LogP contribution in [0.25, 0.3) is 0 Å². The number of amides is 1. The third-order valence-corrected chi connectivity index (χ3v) is 7.60. The van der Waals surface area contributed by atoms with E-state index in [9.17, 15) is 4.79 Å². The first-order valence-electron chi connectivity index (χ1n) is 11.0. The fourth-order valence-electron chi connectivity index (χ4n) is 6.34. The lowest BCUT2D eigenvalue weighted by atomic mass is 9.64. The Balaban J connectivity index is 1.37. The monoisotopic (exact) mass is 392 g/mol. The first-order valence-corrected chi connectivity index (χ1v) is 11.0. The van der Waals surface area contributed by atoms with E-state index in [1.165, 1.54) is 5.56 Å². The first kappa shape index (κ1) is 17.7. The standard InChI is InChI=1S/C23H28N4O2/c28-22(20-18-8-4-5-9-19(18)25-29-20)24-21-16-12-26-10-11-27(13-16)15-23(21,14-26)17-6-2-1-3-7-17/h1-3,6-7,16,21H,4-5,8-15H2,(H,24,28)/t16?,21-,23?/m0/s1. The van der Waals surface area contributed by atoms with E-state index in [2.05, 4.69) is 50.6 Å². The average molecular weight is 393 g/mol. The summed E-state index contributed by atoms with van der Waals surface area (Å²) >= 11 is 0. The van der Waals surface area contributed by atoms with Gasteiger partial charge in [-0.3, -0.25) is 4.79 Å². The summed E-state index contributed by atoms with van der Waals surface area (Å²) in [5, 5.41) is 7.66. The van der Waals surface area contributed by atoms with E-state index in [0.29, 0.717) is 11.7 Å². The number of nitrogens with zero attached hydrogens (tertiary/aromatic N) is 3. The fourth-order valence-corrected chi connectivity index (χ4v) is 6.34. The topological polar surface area (TPSA) is 61.6 Å². The number of nitrogens with one attached hydrogen (secondary N) is 1. The number of piperidine rings is 2. The van der Waals surface area contributed by atoms with Crippen molar-refractivity contribution in [1.82, 2.24) is 20.3 Å². The van der Waals surface area contributed by atoms with Crippen molar-refractivity contribution >= 4 is 5.91 Å². The lowest BCUT2D eigenvalue weighted by Crippen LogP contribution is -2.70. The summed E-state index contributed by atoms with van der Waals surface area (Å²) in [6, 6.07) is 10.9. The Morgan fingerprint density at radius 2 is 1.79 bits per heavy atom. The van der Waals surface area contributed by atoms with Crippen LogP contribution in [0.15, 0.2) is 34.9 Å². The van der Waals surface area contributed by atoms with Crippen molar-refractivity contribution in [2.75, 3.05) is 39.3 Å². The second kappa shape index (κ2) is 6.67. The molecule has 1 aromatic heterocycles. The minimum absolute atomic E-state index is 0.0721. The number of hydrogen-bond acceptors (Lipinski definition) is 5. The van der Waals surface area contributed by atoms with Gasteiger partial charge in [0, 0.05) is 62.2 Å². The summed E-state index contributed by atoms with van der Waals surface area (Å²) in [6.45, 7) is 6.38. The molecule has 0 saturated carbocycles. The van der Waals surface area contributed by atoms with Gasteiger partial charge in [-0.1, -0.05) is 35.5 Å². The Morgan fingerprint density at radius 3 is 2.55 bits per heavy atom. The predicted molar refractivity (Wildman–Crippen MR) is 109 cm³/mol. The van der Waals surface area contributed by atoms with Gasteiger partial charge in [0.15, 0.2) is 0 Å². The molecule has 152 valence electrons. The third kappa shape index (κ3) is 2.76. The molecule has 5 aliphatic rings. The molecule has 4 saturated heterocycles. The van der Waals surface area contributed by atoms with Crippen molar-refractivity contribution in [3.05, 3.63) is 52.9 Å². The summed E-state index contributed by atoms with van der Waals surface area (Å²) in [5.41, 5.74) is 3.29. The Morgan fingerprint density at radius 1 is 1.07 bits per heavy atom. The molecular formula is C23H28N4O2. The molecule has 4 bridgehead atoms. The largest absolute Gasteiger partial charge is 0.350 e. The summed E-state index contributed by atoms with van der Waals surface area (Å²) in [5.74, 6) is 0.815. The molecule has 3 atom stereocenters.